The van der Waals surface area contributed by atoms with Crippen molar-refractivity contribution in [3.05, 3.63) is 24.2 Å². The first-order chi connectivity index (χ1) is 7.15. The summed E-state index contributed by atoms with van der Waals surface area (Å²) in [5, 5.41) is 0. The molecule has 0 aliphatic heterocycles. The van der Waals surface area contributed by atoms with Gasteiger partial charge in [0.1, 0.15) is 0 Å². The molecule has 1 aromatic heterocycles. The maximum absolute atomic E-state index is 5.79. The fourth-order valence-corrected chi connectivity index (χ4v) is 1.65. The lowest BCUT2D eigenvalue weighted by atomic mass is 10.1. The summed E-state index contributed by atoms with van der Waals surface area (Å²) in [6, 6.07) is 2.27. The van der Waals surface area contributed by atoms with Crippen molar-refractivity contribution in [3.63, 3.8) is 0 Å². The van der Waals surface area contributed by atoms with E-state index < -0.39 is 0 Å². The molecule has 0 aliphatic carbocycles. The van der Waals surface area contributed by atoms with Crippen molar-refractivity contribution in [2.45, 2.75) is 26.3 Å². The summed E-state index contributed by atoms with van der Waals surface area (Å²) in [7, 11) is 2.12. The van der Waals surface area contributed by atoms with E-state index in [-0.39, 0.29) is 6.04 Å². The van der Waals surface area contributed by atoms with Crippen molar-refractivity contribution in [3.8, 4) is 0 Å². The third kappa shape index (κ3) is 3.68. The first-order valence-corrected chi connectivity index (χ1v) is 5.57. The van der Waals surface area contributed by atoms with E-state index in [1.165, 1.54) is 12.0 Å². The van der Waals surface area contributed by atoms with Gasteiger partial charge in [-0.3, -0.25) is 4.90 Å². The smallest absolute Gasteiger partial charge is 0.0950 e. The SMILES string of the molecule is CC(C)CCN(C)C(CN)c1ccoc1. The highest BCUT2D eigenvalue weighted by molar-refractivity contribution is 5.12. The van der Waals surface area contributed by atoms with Gasteiger partial charge in [-0.1, -0.05) is 13.8 Å². The molecular weight excluding hydrogens is 188 g/mol. The third-order valence-corrected chi connectivity index (χ3v) is 2.74. The van der Waals surface area contributed by atoms with E-state index in [4.69, 9.17) is 10.2 Å². The molecule has 86 valence electrons. The Balaban J connectivity index is 2.51. The molecule has 0 aromatic carbocycles. The molecular formula is C12H22N2O. The quantitative estimate of drug-likeness (QED) is 0.783. The minimum absolute atomic E-state index is 0.280. The molecule has 0 aliphatic rings. The van der Waals surface area contributed by atoms with Gasteiger partial charge in [-0.15, -0.1) is 0 Å². The van der Waals surface area contributed by atoms with Gasteiger partial charge in [-0.25, -0.2) is 0 Å². The summed E-state index contributed by atoms with van der Waals surface area (Å²) in [5.41, 5.74) is 6.96. The minimum atomic E-state index is 0.280. The highest BCUT2D eigenvalue weighted by atomic mass is 16.3. The van der Waals surface area contributed by atoms with Crippen LogP contribution >= 0.6 is 0 Å². The van der Waals surface area contributed by atoms with Gasteiger partial charge in [0.15, 0.2) is 0 Å². The van der Waals surface area contributed by atoms with Crippen LogP contribution < -0.4 is 5.73 Å². The van der Waals surface area contributed by atoms with Crippen molar-refractivity contribution in [1.82, 2.24) is 4.90 Å². The number of furan rings is 1. The van der Waals surface area contributed by atoms with E-state index in [0.29, 0.717) is 6.54 Å². The lowest BCUT2D eigenvalue weighted by Crippen LogP contribution is -2.31. The van der Waals surface area contributed by atoms with E-state index in [1.807, 2.05) is 6.07 Å². The molecule has 0 amide bonds. The molecule has 0 saturated carbocycles. The average Bonchev–Trinajstić information content (AvgIpc) is 2.69. The average molecular weight is 210 g/mol. The zero-order valence-corrected chi connectivity index (χ0v) is 9.94. The van der Waals surface area contributed by atoms with E-state index in [0.717, 1.165) is 12.5 Å². The predicted octanol–water partition coefficient (Wildman–Crippen LogP) is 2.26. The van der Waals surface area contributed by atoms with E-state index in [2.05, 4.69) is 25.8 Å². The van der Waals surface area contributed by atoms with Crippen LogP contribution in [0, 0.1) is 5.92 Å². The summed E-state index contributed by atoms with van der Waals surface area (Å²) in [6.07, 6.45) is 4.68. The van der Waals surface area contributed by atoms with Crippen LogP contribution in [0.25, 0.3) is 0 Å². The fourth-order valence-electron chi connectivity index (χ4n) is 1.65. The molecule has 0 spiro atoms. The summed E-state index contributed by atoms with van der Waals surface area (Å²) in [6.45, 7) is 6.19. The van der Waals surface area contributed by atoms with Crippen LogP contribution in [0.15, 0.2) is 23.0 Å². The van der Waals surface area contributed by atoms with Crippen LogP contribution in [0.5, 0.6) is 0 Å². The van der Waals surface area contributed by atoms with Crippen LogP contribution in [-0.2, 0) is 0 Å². The van der Waals surface area contributed by atoms with Crippen LogP contribution in [0.3, 0.4) is 0 Å². The van der Waals surface area contributed by atoms with Gasteiger partial charge in [-0.05, 0) is 32.0 Å². The summed E-state index contributed by atoms with van der Waals surface area (Å²) < 4.78 is 5.09. The molecule has 1 unspecified atom stereocenters. The Hall–Kier alpha value is -0.800. The van der Waals surface area contributed by atoms with E-state index >= 15 is 0 Å². The van der Waals surface area contributed by atoms with E-state index in [9.17, 15) is 0 Å². The molecule has 1 atom stereocenters. The maximum atomic E-state index is 5.79. The number of likely N-dealkylation sites (N-methyl/N-ethyl adjacent to an activating group) is 1. The van der Waals surface area contributed by atoms with Gasteiger partial charge in [0.25, 0.3) is 0 Å². The van der Waals surface area contributed by atoms with Gasteiger partial charge >= 0.3 is 0 Å². The van der Waals surface area contributed by atoms with Crippen LogP contribution in [0.2, 0.25) is 0 Å². The second-order valence-electron chi connectivity index (χ2n) is 4.47. The van der Waals surface area contributed by atoms with Crippen molar-refractivity contribution >= 4 is 0 Å². The van der Waals surface area contributed by atoms with Crippen molar-refractivity contribution in [2.24, 2.45) is 11.7 Å². The Labute approximate surface area is 92.2 Å². The topological polar surface area (TPSA) is 42.4 Å². The Morgan fingerprint density at radius 3 is 2.67 bits per heavy atom. The fraction of sp³-hybridized carbons (Fsp3) is 0.667. The standard InChI is InChI=1S/C12H22N2O/c1-10(2)4-6-14(3)12(8-13)11-5-7-15-9-11/h5,7,9-10,12H,4,6,8,13H2,1-3H3. The summed E-state index contributed by atoms with van der Waals surface area (Å²) in [4.78, 5) is 2.30. The largest absolute Gasteiger partial charge is 0.472 e. The summed E-state index contributed by atoms with van der Waals surface area (Å²) >= 11 is 0. The van der Waals surface area contributed by atoms with Gasteiger partial charge in [0.05, 0.1) is 12.5 Å². The zero-order chi connectivity index (χ0) is 11.3. The van der Waals surface area contributed by atoms with Gasteiger partial charge in [0, 0.05) is 18.2 Å². The molecule has 0 saturated heterocycles. The van der Waals surface area contributed by atoms with Crippen LogP contribution in [0.4, 0.5) is 0 Å². The Morgan fingerprint density at radius 2 is 2.20 bits per heavy atom. The summed E-state index contributed by atoms with van der Waals surface area (Å²) in [5.74, 6) is 0.732. The number of rotatable bonds is 6. The second kappa shape index (κ2) is 5.93. The maximum Gasteiger partial charge on any atom is 0.0950 e. The Kier molecular flexibility index (Phi) is 4.85. The lowest BCUT2D eigenvalue weighted by Gasteiger charge is -2.26. The first-order valence-electron chi connectivity index (χ1n) is 5.57. The zero-order valence-electron chi connectivity index (χ0n) is 9.94. The van der Waals surface area contributed by atoms with E-state index in [1.54, 1.807) is 12.5 Å². The van der Waals surface area contributed by atoms with Crippen molar-refractivity contribution < 1.29 is 4.42 Å². The minimum Gasteiger partial charge on any atom is -0.472 e. The molecule has 3 nitrogen and oxygen atoms in total. The number of nitrogens with two attached hydrogens (primary N) is 1. The molecule has 3 heteroatoms. The number of hydrogen-bond donors (Lipinski definition) is 1. The molecule has 0 bridgehead atoms. The second-order valence-corrected chi connectivity index (χ2v) is 4.47. The molecule has 0 radical (unpaired) electrons. The van der Waals surface area contributed by atoms with Crippen molar-refractivity contribution in [1.29, 1.82) is 0 Å². The lowest BCUT2D eigenvalue weighted by molar-refractivity contribution is 0.235. The molecule has 1 rings (SSSR count). The molecule has 1 heterocycles. The van der Waals surface area contributed by atoms with Gasteiger partial charge < -0.3 is 10.2 Å². The normalized spacial score (nSPS) is 13.7. The van der Waals surface area contributed by atoms with Crippen LogP contribution in [-0.4, -0.2) is 25.0 Å². The Bertz CT molecular complexity index is 257. The molecule has 1 aromatic rings. The monoisotopic (exact) mass is 210 g/mol. The molecule has 0 fully saturated rings. The van der Waals surface area contributed by atoms with Crippen molar-refractivity contribution in [2.75, 3.05) is 20.1 Å². The highest BCUT2D eigenvalue weighted by Crippen LogP contribution is 2.19. The van der Waals surface area contributed by atoms with Crippen LogP contribution in [0.1, 0.15) is 31.9 Å². The third-order valence-electron chi connectivity index (χ3n) is 2.74. The molecule has 2 N–H and O–H groups in total. The molecule has 15 heavy (non-hydrogen) atoms. The van der Waals surface area contributed by atoms with Gasteiger partial charge in [0.2, 0.25) is 0 Å². The first kappa shape index (κ1) is 12.3. The van der Waals surface area contributed by atoms with Gasteiger partial charge in [-0.2, -0.15) is 0 Å². The predicted molar refractivity (Wildman–Crippen MR) is 62.6 cm³/mol. The highest BCUT2D eigenvalue weighted by Gasteiger charge is 2.16. The Morgan fingerprint density at radius 1 is 1.47 bits per heavy atom. The number of nitrogens with zero attached hydrogens (tertiary/aromatic N) is 1. The number of hydrogen-bond acceptors (Lipinski definition) is 3.